The summed E-state index contributed by atoms with van der Waals surface area (Å²) in [5, 5.41) is 0. The summed E-state index contributed by atoms with van der Waals surface area (Å²) in [6.07, 6.45) is 0.925. The van der Waals surface area contributed by atoms with E-state index in [-0.39, 0.29) is 11.3 Å². The van der Waals surface area contributed by atoms with Gasteiger partial charge in [-0.05, 0) is 50.6 Å². The van der Waals surface area contributed by atoms with Crippen molar-refractivity contribution in [2.75, 3.05) is 27.4 Å². The Morgan fingerprint density at radius 2 is 1.68 bits per heavy atom. The summed E-state index contributed by atoms with van der Waals surface area (Å²) in [4.78, 5) is 25.5. The molecule has 0 heterocycles. The quantitative estimate of drug-likeness (QED) is 0.274. The Balaban J connectivity index is 2.14. The average molecular weight is 430 g/mol. The molecule has 0 bridgehead atoms. The van der Waals surface area contributed by atoms with Gasteiger partial charge in [-0.25, -0.2) is 4.79 Å². The fourth-order valence-corrected chi connectivity index (χ4v) is 2.85. The predicted octanol–water partition coefficient (Wildman–Crippen LogP) is 4.71. The van der Waals surface area contributed by atoms with Crippen molar-refractivity contribution in [3.63, 3.8) is 0 Å². The number of carbonyl (C=O) groups is 2. The van der Waals surface area contributed by atoms with Gasteiger partial charge in [-0.1, -0.05) is 13.3 Å². The van der Waals surface area contributed by atoms with Crippen LogP contribution >= 0.6 is 0 Å². The van der Waals surface area contributed by atoms with E-state index in [1.54, 1.807) is 36.4 Å². The lowest BCUT2D eigenvalue weighted by Gasteiger charge is -2.16. The molecule has 0 unspecified atom stereocenters. The first kappa shape index (κ1) is 24.1. The van der Waals surface area contributed by atoms with Gasteiger partial charge in [-0.15, -0.1) is 0 Å². The summed E-state index contributed by atoms with van der Waals surface area (Å²) in [6.45, 7) is 6.44. The smallest absolute Gasteiger partial charge is 0.338 e. The van der Waals surface area contributed by atoms with Gasteiger partial charge in [0.2, 0.25) is 5.78 Å². The van der Waals surface area contributed by atoms with Gasteiger partial charge in [0.15, 0.2) is 17.6 Å². The molecule has 0 saturated carbocycles. The minimum Gasteiger partial charge on any atom is -0.497 e. The Bertz CT molecular complexity index is 891. The molecule has 0 N–H and O–H groups in total. The summed E-state index contributed by atoms with van der Waals surface area (Å²) in [6, 6.07) is 9.68. The number of ether oxygens (including phenoxy) is 5. The third-order valence-corrected chi connectivity index (χ3v) is 4.56. The fraction of sp³-hybridized carbons (Fsp3) is 0.417. The molecule has 2 rings (SSSR count). The molecule has 7 heteroatoms. The van der Waals surface area contributed by atoms with E-state index >= 15 is 0 Å². The molecule has 2 aromatic rings. The highest BCUT2D eigenvalue weighted by Gasteiger charge is 2.24. The lowest BCUT2D eigenvalue weighted by molar-refractivity contribution is 0.0317. The topological polar surface area (TPSA) is 80.3 Å². The number of esters is 1. The summed E-state index contributed by atoms with van der Waals surface area (Å²) < 4.78 is 27.2. The Hall–Kier alpha value is -3.22. The van der Waals surface area contributed by atoms with Crippen LogP contribution in [0.3, 0.4) is 0 Å². The van der Waals surface area contributed by atoms with E-state index in [1.165, 1.54) is 21.1 Å². The third kappa shape index (κ3) is 6.38. The maximum absolute atomic E-state index is 12.8. The number of methoxy groups -OCH3 is 2. The van der Waals surface area contributed by atoms with Crippen LogP contribution in [0.2, 0.25) is 0 Å². The molecule has 0 aromatic heterocycles. The van der Waals surface area contributed by atoms with Crippen LogP contribution in [0.5, 0.6) is 23.0 Å². The lowest BCUT2D eigenvalue weighted by Crippen LogP contribution is -2.25. The van der Waals surface area contributed by atoms with E-state index in [4.69, 9.17) is 23.7 Å². The van der Waals surface area contributed by atoms with Gasteiger partial charge < -0.3 is 23.7 Å². The highest BCUT2D eigenvalue weighted by atomic mass is 16.5. The van der Waals surface area contributed by atoms with Crippen molar-refractivity contribution in [1.82, 2.24) is 0 Å². The molecule has 0 radical (unpaired) electrons. The van der Waals surface area contributed by atoms with Crippen LogP contribution in [0.1, 0.15) is 54.3 Å². The van der Waals surface area contributed by atoms with Crippen molar-refractivity contribution in [3.8, 4) is 23.0 Å². The van der Waals surface area contributed by atoms with E-state index in [1.807, 2.05) is 6.92 Å². The Morgan fingerprint density at radius 1 is 0.903 bits per heavy atom. The molecule has 31 heavy (non-hydrogen) atoms. The zero-order chi connectivity index (χ0) is 22.8. The zero-order valence-electron chi connectivity index (χ0n) is 18.7. The minimum absolute atomic E-state index is 0.271. The molecule has 0 saturated heterocycles. The monoisotopic (exact) mass is 430 g/mol. The van der Waals surface area contributed by atoms with Gasteiger partial charge in [0, 0.05) is 6.07 Å². The van der Waals surface area contributed by atoms with Gasteiger partial charge in [0.05, 0.1) is 38.6 Å². The Morgan fingerprint density at radius 3 is 2.32 bits per heavy atom. The number of hydrogen-bond donors (Lipinski definition) is 0. The molecule has 1 atom stereocenters. The minimum atomic E-state index is -1.01. The number of unbranched alkanes of at least 4 members (excludes halogenated alkanes) is 1. The Kier molecular flexibility index (Phi) is 9.18. The van der Waals surface area contributed by atoms with E-state index in [9.17, 15) is 9.59 Å². The van der Waals surface area contributed by atoms with Crippen molar-refractivity contribution in [1.29, 1.82) is 0 Å². The summed E-state index contributed by atoms with van der Waals surface area (Å²) >= 11 is 0. The van der Waals surface area contributed by atoms with E-state index < -0.39 is 12.1 Å². The standard InChI is InChI=1S/C24H30O7/c1-6-8-13-30-20-12-9-17(14-22(20)29-7-2)24(26)31-16(3)23(25)19-11-10-18(27-4)15-21(19)28-5/h9-12,14-16H,6-8,13H2,1-5H3/t16-/m0/s1. The first-order valence-electron chi connectivity index (χ1n) is 10.3. The number of rotatable bonds is 12. The van der Waals surface area contributed by atoms with Crippen molar-refractivity contribution < 1.29 is 33.3 Å². The molecule has 0 aliphatic rings. The SMILES string of the molecule is CCCCOc1ccc(C(=O)O[C@@H](C)C(=O)c2ccc(OC)cc2OC)cc1OCC. The molecule has 7 nitrogen and oxygen atoms in total. The van der Waals surface area contributed by atoms with E-state index in [0.29, 0.717) is 41.8 Å². The fourth-order valence-electron chi connectivity index (χ4n) is 2.85. The third-order valence-electron chi connectivity index (χ3n) is 4.56. The maximum atomic E-state index is 12.8. The first-order chi connectivity index (χ1) is 14.9. The lowest BCUT2D eigenvalue weighted by atomic mass is 10.1. The van der Waals surface area contributed by atoms with Gasteiger partial charge in [0.1, 0.15) is 11.5 Å². The molecule has 0 amide bonds. The largest absolute Gasteiger partial charge is 0.497 e. The molecular weight excluding hydrogens is 400 g/mol. The number of carbonyl (C=O) groups excluding carboxylic acids is 2. The first-order valence-corrected chi connectivity index (χ1v) is 10.3. The molecule has 168 valence electrons. The number of Topliss-reactive ketones (excluding diaryl/α,β-unsaturated/α-hetero) is 1. The van der Waals surface area contributed by atoms with Gasteiger partial charge in [-0.2, -0.15) is 0 Å². The van der Waals surface area contributed by atoms with Crippen LogP contribution < -0.4 is 18.9 Å². The van der Waals surface area contributed by atoms with Crippen LogP contribution in [-0.2, 0) is 4.74 Å². The summed E-state index contributed by atoms with van der Waals surface area (Å²) in [5.41, 5.74) is 0.575. The predicted molar refractivity (Wildman–Crippen MR) is 117 cm³/mol. The summed E-state index contributed by atoms with van der Waals surface area (Å²) in [5.74, 6) is 0.928. The van der Waals surface area contributed by atoms with E-state index in [0.717, 1.165) is 12.8 Å². The number of ketones is 1. The maximum Gasteiger partial charge on any atom is 0.338 e. The highest BCUT2D eigenvalue weighted by molar-refractivity contribution is 6.03. The van der Waals surface area contributed by atoms with Crippen LogP contribution in [0.4, 0.5) is 0 Å². The van der Waals surface area contributed by atoms with Gasteiger partial charge >= 0.3 is 5.97 Å². The van der Waals surface area contributed by atoms with Gasteiger partial charge in [0.25, 0.3) is 0 Å². The summed E-state index contributed by atoms with van der Waals surface area (Å²) in [7, 11) is 2.99. The second-order valence-corrected chi connectivity index (χ2v) is 6.77. The Labute approximate surface area is 183 Å². The van der Waals surface area contributed by atoms with Crippen LogP contribution in [0.25, 0.3) is 0 Å². The average Bonchev–Trinajstić information content (AvgIpc) is 2.79. The normalized spacial score (nSPS) is 11.4. The number of benzene rings is 2. The van der Waals surface area contributed by atoms with Gasteiger partial charge in [-0.3, -0.25) is 4.79 Å². The molecule has 0 fully saturated rings. The molecular formula is C24H30O7. The van der Waals surface area contributed by atoms with Crippen molar-refractivity contribution in [3.05, 3.63) is 47.5 Å². The highest BCUT2D eigenvalue weighted by Crippen LogP contribution is 2.30. The van der Waals surface area contributed by atoms with Crippen LogP contribution in [-0.4, -0.2) is 45.3 Å². The van der Waals surface area contributed by atoms with Crippen LogP contribution in [0, 0.1) is 0 Å². The van der Waals surface area contributed by atoms with E-state index in [2.05, 4.69) is 6.92 Å². The van der Waals surface area contributed by atoms with Crippen molar-refractivity contribution in [2.24, 2.45) is 0 Å². The van der Waals surface area contributed by atoms with Crippen molar-refractivity contribution in [2.45, 2.75) is 39.7 Å². The number of hydrogen-bond acceptors (Lipinski definition) is 7. The van der Waals surface area contributed by atoms with Crippen LogP contribution in [0.15, 0.2) is 36.4 Å². The molecule has 0 aliphatic heterocycles. The molecule has 0 aliphatic carbocycles. The zero-order valence-corrected chi connectivity index (χ0v) is 18.7. The van der Waals surface area contributed by atoms with Crippen molar-refractivity contribution >= 4 is 11.8 Å². The second kappa shape index (κ2) is 11.8. The second-order valence-electron chi connectivity index (χ2n) is 6.77. The molecule has 2 aromatic carbocycles. The molecule has 0 spiro atoms.